The van der Waals surface area contributed by atoms with E-state index in [1.54, 1.807) is 31.4 Å². The number of ether oxygens (including phenoxy) is 1. The molecule has 0 saturated carbocycles. The second kappa shape index (κ2) is 11.4. The SMILES string of the molecule is CO.CO/C(=C\C=C\C1C=CN(c2ccc(C=O)cc2)N1)c1ccc(Cl)c(Cl)c1. The summed E-state index contributed by atoms with van der Waals surface area (Å²) in [7, 11) is 2.61. The molecule has 1 heterocycles. The average Bonchev–Trinajstić information content (AvgIpc) is 3.24. The van der Waals surface area contributed by atoms with Crippen molar-refractivity contribution in [2.75, 3.05) is 19.2 Å². The molecular weight excluding hydrogens is 411 g/mol. The molecule has 5 nitrogen and oxygen atoms in total. The Morgan fingerprint density at radius 3 is 2.48 bits per heavy atom. The maximum Gasteiger partial charge on any atom is 0.150 e. The van der Waals surface area contributed by atoms with Crippen molar-refractivity contribution in [2.24, 2.45) is 0 Å². The lowest BCUT2D eigenvalue weighted by Gasteiger charge is -2.18. The molecule has 0 fully saturated rings. The highest BCUT2D eigenvalue weighted by Gasteiger charge is 2.13. The number of halogens is 2. The Hall–Kier alpha value is -2.57. The monoisotopic (exact) mass is 432 g/mol. The Morgan fingerprint density at radius 2 is 1.86 bits per heavy atom. The summed E-state index contributed by atoms with van der Waals surface area (Å²) in [6.07, 6.45) is 10.6. The first kappa shape index (κ1) is 22.7. The van der Waals surface area contributed by atoms with E-state index in [0.717, 1.165) is 24.6 Å². The summed E-state index contributed by atoms with van der Waals surface area (Å²) in [4.78, 5) is 10.7. The Kier molecular flexibility index (Phi) is 8.96. The predicted octanol–water partition coefficient (Wildman–Crippen LogP) is 4.87. The van der Waals surface area contributed by atoms with Crippen molar-refractivity contribution in [1.29, 1.82) is 0 Å². The fraction of sp³-hybridized carbons (Fsp3) is 0.136. The fourth-order valence-electron chi connectivity index (χ4n) is 2.60. The lowest BCUT2D eigenvalue weighted by atomic mass is 10.1. The van der Waals surface area contributed by atoms with Crippen LogP contribution in [0.3, 0.4) is 0 Å². The maximum absolute atomic E-state index is 10.7. The number of methoxy groups -OCH3 is 1. The molecule has 2 aromatic carbocycles. The number of aliphatic hydroxyl groups excluding tert-OH is 1. The number of carbonyl (C=O) groups is 1. The molecule has 1 aliphatic rings. The van der Waals surface area contributed by atoms with Gasteiger partial charge in [-0.1, -0.05) is 35.4 Å². The zero-order valence-electron chi connectivity index (χ0n) is 16.0. The van der Waals surface area contributed by atoms with Crippen LogP contribution >= 0.6 is 23.2 Å². The average molecular weight is 433 g/mol. The molecule has 0 amide bonds. The molecule has 0 spiro atoms. The molecular formula is C22H22Cl2N2O3. The smallest absolute Gasteiger partial charge is 0.150 e. The Balaban J connectivity index is 0.00000145. The van der Waals surface area contributed by atoms with Crippen LogP contribution in [0.2, 0.25) is 10.0 Å². The highest BCUT2D eigenvalue weighted by atomic mass is 35.5. The lowest BCUT2D eigenvalue weighted by molar-refractivity contribution is 0.112. The van der Waals surface area contributed by atoms with E-state index in [2.05, 4.69) is 5.43 Å². The third-order valence-corrected chi connectivity index (χ3v) is 4.77. The van der Waals surface area contributed by atoms with Crippen LogP contribution in [-0.2, 0) is 4.74 Å². The van der Waals surface area contributed by atoms with E-state index < -0.39 is 0 Å². The third-order valence-electron chi connectivity index (χ3n) is 4.03. The van der Waals surface area contributed by atoms with Crippen LogP contribution < -0.4 is 10.4 Å². The van der Waals surface area contributed by atoms with Crippen LogP contribution in [0, 0.1) is 0 Å². The minimum Gasteiger partial charge on any atom is -0.496 e. The second-order valence-corrected chi connectivity index (χ2v) is 6.64. The number of nitrogens with one attached hydrogen (secondary N) is 1. The summed E-state index contributed by atoms with van der Waals surface area (Å²) >= 11 is 12.0. The van der Waals surface area contributed by atoms with Crippen molar-refractivity contribution in [3.8, 4) is 0 Å². The summed E-state index contributed by atoms with van der Waals surface area (Å²) in [6, 6.07) is 12.8. The molecule has 7 heteroatoms. The van der Waals surface area contributed by atoms with Gasteiger partial charge in [-0.05, 0) is 54.6 Å². The lowest BCUT2D eigenvalue weighted by Crippen LogP contribution is -2.34. The van der Waals surface area contributed by atoms with Gasteiger partial charge in [0.05, 0.1) is 28.9 Å². The van der Waals surface area contributed by atoms with Crippen LogP contribution in [0.15, 0.2) is 73.0 Å². The van der Waals surface area contributed by atoms with Crippen molar-refractivity contribution in [3.63, 3.8) is 0 Å². The zero-order valence-corrected chi connectivity index (χ0v) is 17.6. The molecule has 0 saturated heterocycles. The Morgan fingerprint density at radius 1 is 1.14 bits per heavy atom. The minimum atomic E-state index is 0.0407. The van der Waals surface area contributed by atoms with Gasteiger partial charge in [0, 0.05) is 24.4 Å². The maximum atomic E-state index is 10.7. The van der Waals surface area contributed by atoms with Crippen molar-refractivity contribution in [3.05, 3.63) is 94.1 Å². The number of aldehydes is 1. The van der Waals surface area contributed by atoms with Gasteiger partial charge in [0.15, 0.2) is 0 Å². The molecule has 2 N–H and O–H groups in total. The number of nitrogens with zero attached hydrogens (tertiary/aromatic N) is 1. The van der Waals surface area contributed by atoms with Crippen LogP contribution in [0.4, 0.5) is 5.69 Å². The van der Waals surface area contributed by atoms with Gasteiger partial charge in [-0.2, -0.15) is 0 Å². The molecule has 29 heavy (non-hydrogen) atoms. The number of aliphatic hydroxyl groups is 1. The number of hydrazine groups is 1. The van der Waals surface area contributed by atoms with E-state index in [1.165, 1.54) is 0 Å². The van der Waals surface area contributed by atoms with Gasteiger partial charge in [-0.15, -0.1) is 0 Å². The van der Waals surface area contributed by atoms with Crippen molar-refractivity contribution < 1.29 is 14.6 Å². The van der Waals surface area contributed by atoms with E-state index in [1.807, 2.05) is 53.7 Å². The van der Waals surface area contributed by atoms with Gasteiger partial charge in [-0.25, -0.2) is 5.43 Å². The number of carbonyl (C=O) groups excluding carboxylic acids is 1. The molecule has 152 valence electrons. The largest absolute Gasteiger partial charge is 0.496 e. The van der Waals surface area contributed by atoms with E-state index in [-0.39, 0.29) is 6.04 Å². The second-order valence-electron chi connectivity index (χ2n) is 5.82. The topological polar surface area (TPSA) is 61.8 Å². The van der Waals surface area contributed by atoms with Crippen LogP contribution in [-0.4, -0.2) is 31.7 Å². The molecule has 1 aliphatic heterocycles. The summed E-state index contributed by atoms with van der Waals surface area (Å²) in [5.74, 6) is 0.688. The fourth-order valence-corrected chi connectivity index (χ4v) is 2.90. The van der Waals surface area contributed by atoms with Gasteiger partial charge in [-0.3, -0.25) is 9.80 Å². The predicted molar refractivity (Wildman–Crippen MR) is 119 cm³/mol. The van der Waals surface area contributed by atoms with E-state index >= 15 is 0 Å². The van der Waals surface area contributed by atoms with Crippen molar-refractivity contribution in [1.82, 2.24) is 5.43 Å². The van der Waals surface area contributed by atoms with Crippen molar-refractivity contribution >= 4 is 40.9 Å². The summed E-state index contributed by atoms with van der Waals surface area (Å²) < 4.78 is 5.44. The quantitative estimate of drug-likeness (QED) is 0.387. The van der Waals surface area contributed by atoms with Gasteiger partial charge in [0.1, 0.15) is 12.0 Å². The molecule has 3 rings (SSSR count). The summed E-state index contributed by atoms with van der Waals surface area (Å²) in [5.41, 5.74) is 5.79. The number of anilines is 1. The molecule has 0 aliphatic carbocycles. The zero-order chi connectivity index (χ0) is 21.2. The van der Waals surface area contributed by atoms with Crippen molar-refractivity contribution in [2.45, 2.75) is 6.04 Å². The van der Waals surface area contributed by atoms with Gasteiger partial charge in [0.25, 0.3) is 0 Å². The third kappa shape index (κ3) is 6.21. The molecule has 1 atom stereocenters. The highest BCUT2D eigenvalue weighted by molar-refractivity contribution is 6.42. The molecule has 1 unspecified atom stereocenters. The number of allylic oxidation sites excluding steroid dienone is 2. The molecule has 0 radical (unpaired) electrons. The van der Waals surface area contributed by atoms with E-state index in [9.17, 15) is 4.79 Å². The summed E-state index contributed by atoms with van der Waals surface area (Å²) in [5, 5.41) is 9.90. The minimum absolute atomic E-state index is 0.0407. The first-order valence-electron chi connectivity index (χ1n) is 8.72. The number of hydrogen-bond donors (Lipinski definition) is 2. The number of benzene rings is 2. The van der Waals surface area contributed by atoms with E-state index in [0.29, 0.717) is 21.4 Å². The number of rotatable bonds is 6. The van der Waals surface area contributed by atoms with Gasteiger partial charge < -0.3 is 9.84 Å². The molecule has 0 bridgehead atoms. The molecule has 0 aromatic heterocycles. The first-order valence-corrected chi connectivity index (χ1v) is 9.48. The van der Waals surface area contributed by atoms with Crippen LogP contribution in [0.25, 0.3) is 5.76 Å². The Bertz CT molecular complexity index is 909. The summed E-state index contributed by atoms with van der Waals surface area (Å²) in [6.45, 7) is 0. The molecule has 2 aromatic rings. The van der Waals surface area contributed by atoms with E-state index in [4.69, 9.17) is 33.0 Å². The van der Waals surface area contributed by atoms with Gasteiger partial charge >= 0.3 is 0 Å². The number of hydrogen-bond acceptors (Lipinski definition) is 5. The van der Waals surface area contributed by atoms with Gasteiger partial charge in [0.2, 0.25) is 0 Å². The standard InChI is InChI=1S/C21H18Cl2N2O2.CH4O/c1-27-21(16-7-10-19(22)20(23)13-16)4-2-3-17-11-12-25(24-17)18-8-5-15(14-26)6-9-18;1-2/h2-14,17,24H,1H3;2H,1H3/b3-2+,21-4-;. The van der Waals surface area contributed by atoms with Crippen LogP contribution in [0.5, 0.6) is 0 Å². The Labute approximate surface area is 180 Å². The highest BCUT2D eigenvalue weighted by Crippen LogP contribution is 2.26. The first-order chi connectivity index (χ1) is 14.1. The normalized spacial score (nSPS) is 16.0. The van der Waals surface area contributed by atoms with Crippen LogP contribution in [0.1, 0.15) is 15.9 Å².